The van der Waals surface area contributed by atoms with Gasteiger partial charge in [0.25, 0.3) is 0 Å². The summed E-state index contributed by atoms with van der Waals surface area (Å²) >= 11 is 12.9. The largest absolute Gasteiger partial charge is 0.493 e. The van der Waals surface area contributed by atoms with Gasteiger partial charge in [-0.2, -0.15) is 17.2 Å². The normalized spacial score (nSPS) is 16.0. The van der Waals surface area contributed by atoms with E-state index in [4.69, 9.17) is 46.3 Å². The highest BCUT2D eigenvalue weighted by Crippen LogP contribution is 2.38. The second kappa shape index (κ2) is 16.3. The van der Waals surface area contributed by atoms with Gasteiger partial charge in [0.05, 0.1) is 38.2 Å². The van der Waals surface area contributed by atoms with Crippen LogP contribution in [0.15, 0.2) is 48.8 Å². The lowest BCUT2D eigenvalue weighted by atomic mass is 10.0. The van der Waals surface area contributed by atoms with Gasteiger partial charge in [0.2, 0.25) is 0 Å². The Morgan fingerprint density at radius 1 is 1.02 bits per heavy atom. The first-order valence-corrected chi connectivity index (χ1v) is 17.5. The van der Waals surface area contributed by atoms with Crippen molar-refractivity contribution in [3.63, 3.8) is 0 Å². The van der Waals surface area contributed by atoms with E-state index < -0.39 is 28.8 Å². The van der Waals surface area contributed by atoms with Crippen molar-refractivity contribution in [2.75, 3.05) is 52.3 Å². The van der Waals surface area contributed by atoms with Crippen LogP contribution in [-0.4, -0.2) is 78.2 Å². The third kappa shape index (κ3) is 10.0. The van der Waals surface area contributed by atoms with Crippen molar-refractivity contribution in [1.29, 1.82) is 0 Å². The number of methoxy groups -OCH3 is 1. The van der Waals surface area contributed by atoms with Gasteiger partial charge in [0, 0.05) is 37.7 Å². The predicted octanol–water partition coefficient (Wildman–Crippen LogP) is 5.39. The van der Waals surface area contributed by atoms with Crippen LogP contribution < -0.4 is 23.4 Å². The number of benzene rings is 2. The molecule has 1 aliphatic carbocycles. The topological polar surface area (TPSA) is 124 Å². The molecule has 3 aromatic rings. The van der Waals surface area contributed by atoms with Crippen molar-refractivity contribution in [1.82, 2.24) is 4.90 Å². The molecule has 2 heterocycles. The number of esters is 1. The molecule has 48 heavy (non-hydrogen) atoms. The van der Waals surface area contributed by atoms with Gasteiger partial charge < -0.3 is 27.9 Å². The van der Waals surface area contributed by atoms with Crippen molar-refractivity contribution in [2.24, 2.45) is 5.92 Å². The molecule has 1 saturated heterocycles. The SMILES string of the molecule is COc1ccc(C(=O)O[C@@H](Cc2c(Cl)c[nH+]cc2Cl)c2ccc(OC(F)F)c(OCC3CC3)c2)cc1OS(=O)(=O)CCN1CCOCC1. The number of aromatic nitrogens is 1. The summed E-state index contributed by atoms with van der Waals surface area (Å²) in [6.07, 6.45) is 3.90. The van der Waals surface area contributed by atoms with Crippen molar-refractivity contribution in [3.8, 4) is 23.0 Å². The maximum atomic E-state index is 13.6. The minimum Gasteiger partial charge on any atom is -0.493 e. The number of pyridine rings is 1. The number of halogens is 4. The lowest BCUT2D eigenvalue weighted by Crippen LogP contribution is -2.39. The number of carbonyl (C=O) groups excluding carboxylic acids is 1. The second-order valence-electron chi connectivity index (χ2n) is 11.2. The third-order valence-corrected chi connectivity index (χ3v) is 9.53. The highest BCUT2D eigenvalue weighted by Gasteiger charge is 2.28. The van der Waals surface area contributed by atoms with Crippen LogP contribution in [-0.2, 0) is 26.0 Å². The Labute approximate surface area is 287 Å². The summed E-state index contributed by atoms with van der Waals surface area (Å²) in [5, 5.41) is 0.544. The van der Waals surface area contributed by atoms with Gasteiger partial charge >= 0.3 is 22.7 Å². The zero-order valence-corrected chi connectivity index (χ0v) is 28.3. The number of morpholine rings is 1. The quantitative estimate of drug-likeness (QED) is 0.140. The van der Waals surface area contributed by atoms with E-state index in [1.165, 1.54) is 55.9 Å². The fraction of sp³-hybridized carbons (Fsp3) is 0.438. The summed E-state index contributed by atoms with van der Waals surface area (Å²) in [4.78, 5) is 18.4. The predicted molar refractivity (Wildman–Crippen MR) is 171 cm³/mol. The number of hydrogen-bond acceptors (Lipinski definition) is 10. The molecule has 11 nitrogen and oxygen atoms in total. The Balaban J connectivity index is 1.41. The number of aromatic amines is 1. The average molecular weight is 733 g/mol. The molecule has 0 spiro atoms. The summed E-state index contributed by atoms with van der Waals surface area (Å²) in [7, 11) is -2.74. The van der Waals surface area contributed by atoms with Gasteiger partial charge in [-0.05, 0) is 48.6 Å². The number of H-pyrrole nitrogens is 1. The van der Waals surface area contributed by atoms with Crippen LogP contribution in [0.5, 0.6) is 23.0 Å². The molecule has 1 atom stereocenters. The molecule has 16 heteroatoms. The minimum absolute atomic E-state index is 0.00929. The lowest BCUT2D eigenvalue weighted by molar-refractivity contribution is -0.377. The molecule has 2 fully saturated rings. The van der Waals surface area contributed by atoms with Crippen LogP contribution in [0.1, 0.15) is 40.4 Å². The van der Waals surface area contributed by atoms with Gasteiger partial charge in [-0.25, -0.2) is 9.78 Å². The van der Waals surface area contributed by atoms with Crippen molar-refractivity contribution in [3.05, 3.63) is 75.5 Å². The van der Waals surface area contributed by atoms with Crippen LogP contribution >= 0.6 is 23.2 Å². The molecule has 1 aromatic heterocycles. The van der Waals surface area contributed by atoms with E-state index in [2.05, 4.69) is 9.72 Å². The van der Waals surface area contributed by atoms with E-state index in [1.54, 1.807) is 0 Å². The van der Waals surface area contributed by atoms with E-state index >= 15 is 0 Å². The monoisotopic (exact) mass is 731 g/mol. The zero-order valence-electron chi connectivity index (χ0n) is 26.0. The highest BCUT2D eigenvalue weighted by molar-refractivity contribution is 7.87. The summed E-state index contributed by atoms with van der Waals surface area (Å²) < 4.78 is 84.6. The number of carbonyl (C=O) groups is 1. The Morgan fingerprint density at radius 2 is 1.73 bits per heavy atom. The number of nitrogens with zero attached hydrogens (tertiary/aromatic N) is 1. The zero-order chi connectivity index (χ0) is 34.3. The van der Waals surface area contributed by atoms with E-state index in [0.29, 0.717) is 50.0 Å². The summed E-state index contributed by atoms with van der Waals surface area (Å²) in [6.45, 7) is -0.283. The first-order chi connectivity index (χ1) is 23.0. The number of rotatable bonds is 16. The Bertz CT molecular complexity index is 1670. The number of nitrogens with one attached hydrogen (secondary N) is 1. The molecule has 2 aliphatic rings. The van der Waals surface area contributed by atoms with Gasteiger partial charge in [-0.15, -0.1) is 0 Å². The fourth-order valence-electron chi connectivity index (χ4n) is 4.92. The molecule has 5 rings (SSSR count). The smallest absolute Gasteiger partial charge is 0.387 e. The van der Waals surface area contributed by atoms with E-state index in [0.717, 1.165) is 12.8 Å². The molecule has 0 bridgehead atoms. The fourth-order valence-corrected chi connectivity index (χ4v) is 6.42. The van der Waals surface area contributed by atoms with Crippen LogP contribution in [0.3, 0.4) is 0 Å². The maximum absolute atomic E-state index is 13.6. The summed E-state index contributed by atoms with van der Waals surface area (Å²) in [5.41, 5.74) is 0.792. The molecule has 260 valence electrons. The molecule has 0 amide bonds. The molecule has 1 saturated carbocycles. The van der Waals surface area contributed by atoms with E-state index in [-0.39, 0.29) is 57.3 Å². The van der Waals surface area contributed by atoms with Crippen molar-refractivity contribution in [2.45, 2.75) is 32.0 Å². The molecule has 0 radical (unpaired) electrons. The van der Waals surface area contributed by atoms with Gasteiger partial charge in [0.15, 0.2) is 35.4 Å². The van der Waals surface area contributed by atoms with E-state index in [1.807, 2.05) is 4.90 Å². The molecule has 1 aliphatic heterocycles. The average Bonchev–Trinajstić information content (AvgIpc) is 3.89. The molecule has 0 unspecified atom stereocenters. The van der Waals surface area contributed by atoms with Crippen molar-refractivity contribution < 1.29 is 54.8 Å². The third-order valence-electron chi connectivity index (χ3n) is 7.74. The molecular formula is C32H35Cl2F2N2O9S+. The van der Waals surface area contributed by atoms with Crippen LogP contribution in [0, 0.1) is 5.92 Å². The van der Waals surface area contributed by atoms with Gasteiger partial charge in [-0.3, -0.25) is 4.90 Å². The minimum atomic E-state index is -4.08. The Morgan fingerprint density at radius 3 is 2.40 bits per heavy atom. The molecular weight excluding hydrogens is 697 g/mol. The molecule has 2 aromatic carbocycles. The first kappa shape index (κ1) is 35.9. The standard InChI is InChI=1S/C32H34Cl2F2N2O9S/c1-42-26-6-5-22(15-30(26)47-48(40,41)13-10-38-8-11-43-12-9-38)31(39)45-28(16-23-24(33)17-37-18-25(23)34)21-4-7-27(46-32(35)36)29(14-21)44-19-20-2-3-20/h4-7,14-15,17-18,20,28,32H,2-3,8-13,16,19H2,1H3/p+1/t28-/m0/s1. The van der Waals surface area contributed by atoms with Crippen LogP contribution in [0.25, 0.3) is 0 Å². The first-order valence-electron chi connectivity index (χ1n) is 15.2. The van der Waals surface area contributed by atoms with Crippen LogP contribution in [0.2, 0.25) is 10.0 Å². The van der Waals surface area contributed by atoms with Crippen LogP contribution in [0.4, 0.5) is 8.78 Å². The second-order valence-corrected chi connectivity index (χ2v) is 13.7. The van der Waals surface area contributed by atoms with E-state index in [9.17, 15) is 22.0 Å². The molecule has 1 N–H and O–H groups in total. The Hall–Kier alpha value is -3.43. The number of ether oxygens (including phenoxy) is 5. The maximum Gasteiger partial charge on any atom is 0.387 e. The van der Waals surface area contributed by atoms with Crippen molar-refractivity contribution >= 4 is 39.3 Å². The summed E-state index contributed by atoms with van der Waals surface area (Å²) in [5.74, 6) is -1.04. The number of hydrogen-bond donors (Lipinski definition) is 0. The number of alkyl halides is 2. The highest BCUT2D eigenvalue weighted by atomic mass is 35.5. The van der Waals surface area contributed by atoms with Gasteiger partial charge in [0.1, 0.15) is 16.1 Å². The van der Waals surface area contributed by atoms with Gasteiger partial charge in [-0.1, -0.05) is 29.3 Å². The summed E-state index contributed by atoms with van der Waals surface area (Å²) in [6, 6.07) is 8.25. The lowest BCUT2D eigenvalue weighted by Gasteiger charge is -2.26. The Kier molecular flexibility index (Phi) is 12.2.